The highest BCUT2D eigenvalue weighted by Gasteiger charge is 2.13. The van der Waals surface area contributed by atoms with Crippen molar-refractivity contribution in [2.75, 3.05) is 0 Å². The average Bonchev–Trinajstić information content (AvgIpc) is 3.09. The molecule has 4 aromatic rings. The van der Waals surface area contributed by atoms with Crippen LogP contribution in [0.5, 0.6) is 0 Å². The van der Waals surface area contributed by atoms with Crippen LogP contribution in [0.25, 0.3) is 22.1 Å². The Morgan fingerprint density at radius 3 is 2.95 bits per heavy atom. The molecule has 4 rings (SSSR count). The number of aromatic amines is 1. The summed E-state index contributed by atoms with van der Waals surface area (Å²) in [6.45, 7) is 1.91. The maximum absolute atomic E-state index is 12.2. The first-order chi connectivity index (χ1) is 10.7. The highest BCUT2D eigenvalue weighted by molar-refractivity contribution is 7.98. The Labute approximate surface area is 129 Å². The van der Waals surface area contributed by atoms with Crippen LogP contribution in [0, 0.1) is 6.92 Å². The number of benzene rings is 1. The van der Waals surface area contributed by atoms with Gasteiger partial charge in [-0.05, 0) is 25.1 Å². The lowest BCUT2D eigenvalue weighted by atomic mass is 10.2. The number of hydrogen-bond donors (Lipinski definition) is 1. The molecule has 0 aliphatic heterocycles. The fraction of sp³-hybridized carbons (Fsp3) is 0.125. The minimum absolute atomic E-state index is 0.249. The van der Waals surface area contributed by atoms with E-state index in [-0.39, 0.29) is 11.1 Å². The lowest BCUT2D eigenvalue weighted by Crippen LogP contribution is -2.10. The third-order valence-electron chi connectivity index (χ3n) is 3.46. The van der Waals surface area contributed by atoms with Gasteiger partial charge in [-0.15, -0.1) is 11.8 Å². The predicted octanol–water partition coefficient (Wildman–Crippen LogP) is 3.86. The Bertz CT molecular complexity index is 1030. The summed E-state index contributed by atoms with van der Waals surface area (Å²) < 4.78 is 10.8. The Kier molecular flexibility index (Phi) is 3.04. The summed E-state index contributed by atoms with van der Waals surface area (Å²) in [5, 5.41) is 0.856. The molecule has 22 heavy (non-hydrogen) atoms. The second kappa shape index (κ2) is 5.06. The lowest BCUT2D eigenvalue weighted by molar-refractivity contribution is 0.527. The molecule has 0 fully saturated rings. The fourth-order valence-corrected chi connectivity index (χ4v) is 3.22. The molecule has 0 spiro atoms. The number of aromatic nitrogens is 2. The van der Waals surface area contributed by atoms with Crippen LogP contribution in [0.3, 0.4) is 0 Å². The van der Waals surface area contributed by atoms with Crippen LogP contribution in [0.4, 0.5) is 0 Å². The van der Waals surface area contributed by atoms with Gasteiger partial charge in [-0.1, -0.05) is 12.1 Å². The first-order valence-electron chi connectivity index (χ1n) is 6.80. The molecule has 1 aromatic carbocycles. The molecule has 6 heteroatoms. The molecular formula is C16H12N2O3S. The van der Waals surface area contributed by atoms with Crippen molar-refractivity contribution in [3.63, 3.8) is 0 Å². The maximum Gasteiger partial charge on any atom is 0.294 e. The van der Waals surface area contributed by atoms with Gasteiger partial charge in [-0.2, -0.15) is 0 Å². The van der Waals surface area contributed by atoms with E-state index in [0.717, 1.165) is 16.0 Å². The average molecular weight is 312 g/mol. The molecule has 0 aliphatic rings. The van der Waals surface area contributed by atoms with E-state index in [1.807, 2.05) is 37.3 Å². The van der Waals surface area contributed by atoms with Crippen LogP contribution in [0.15, 0.2) is 55.1 Å². The zero-order valence-corrected chi connectivity index (χ0v) is 12.6. The van der Waals surface area contributed by atoms with Crippen molar-refractivity contribution in [2.45, 2.75) is 17.6 Å². The summed E-state index contributed by atoms with van der Waals surface area (Å²) in [7, 11) is 0. The number of hydrogen-bond acceptors (Lipinski definition) is 5. The molecule has 1 N–H and O–H groups in total. The maximum atomic E-state index is 12.2. The minimum atomic E-state index is -0.249. The van der Waals surface area contributed by atoms with Gasteiger partial charge in [0, 0.05) is 10.3 Å². The third kappa shape index (κ3) is 2.12. The van der Waals surface area contributed by atoms with E-state index in [1.54, 1.807) is 18.0 Å². The van der Waals surface area contributed by atoms with Crippen molar-refractivity contribution in [2.24, 2.45) is 0 Å². The van der Waals surface area contributed by atoms with Crippen molar-refractivity contribution in [1.82, 2.24) is 9.97 Å². The van der Waals surface area contributed by atoms with Crippen LogP contribution in [-0.4, -0.2) is 9.97 Å². The Morgan fingerprint density at radius 2 is 2.14 bits per heavy atom. The van der Waals surface area contributed by atoms with Gasteiger partial charge in [-0.3, -0.25) is 4.79 Å². The first kappa shape index (κ1) is 13.2. The first-order valence-corrected chi connectivity index (χ1v) is 7.78. The van der Waals surface area contributed by atoms with Crippen molar-refractivity contribution in [3.05, 3.63) is 58.5 Å². The van der Waals surface area contributed by atoms with Gasteiger partial charge in [0.2, 0.25) is 5.58 Å². The molecule has 0 bridgehead atoms. The summed E-state index contributed by atoms with van der Waals surface area (Å²) in [6, 6.07) is 9.43. The SMILES string of the molecule is Cc1occc1SCc1nc2c(oc3ccccc32)c(=O)[nH]1. The molecule has 0 radical (unpaired) electrons. The summed E-state index contributed by atoms with van der Waals surface area (Å²) >= 11 is 1.58. The molecule has 3 heterocycles. The number of nitrogens with one attached hydrogen (secondary N) is 1. The zero-order chi connectivity index (χ0) is 15.1. The Hall–Kier alpha value is -2.47. The van der Waals surface area contributed by atoms with E-state index in [4.69, 9.17) is 8.83 Å². The topological polar surface area (TPSA) is 72.0 Å². The molecule has 0 saturated heterocycles. The minimum Gasteiger partial charge on any atom is -0.468 e. The summed E-state index contributed by atoms with van der Waals surface area (Å²) in [5.41, 5.74) is 1.31. The lowest BCUT2D eigenvalue weighted by Gasteiger charge is -2.00. The second-order valence-electron chi connectivity index (χ2n) is 4.92. The van der Waals surface area contributed by atoms with Crippen LogP contribution >= 0.6 is 11.8 Å². The van der Waals surface area contributed by atoms with Gasteiger partial charge in [0.1, 0.15) is 22.7 Å². The third-order valence-corrected chi connectivity index (χ3v) is 4.61. The second-order valence-corrected chi connectivity index (χ2v) is 5.94. The largest absolute Gasteiger partial charge is 0.468 e. The molecular weight excluding hydrogens is 300 g/mol. The van der Waals surface area contributed by atoms with E-state index in [2.05, 4.69) is 9.97 Å². The normalized spacial score (nSPS) is 11.5. The molecule has 0 atom stereocenters. The van der Waals surface area contributed by atoms with Crippen molar-refractivity contribution >= 4 is 33.8 Å². The van der Waals surface area contributed by atoms with Gasteiger partial charge in [-0.25, -0.2) is 4.98 Å². The van der Waals surface area contributed by atoms with E-state index in [1.165, 1.54) is 0 Å². The number of nitrogens with zero attached hydrogens (tertiary/aromatic N) is 1. The van der Waals surface area contributed by atoms with E-state index in [0.29, 0.717) is 22.7 Å². The Morgan fingerprint density at radius 1 is 1.27 bits per heavy atom. The van der Waals surface area contributed by atoms with Gasteiger partial charge in [0.15, 0.2) is 0 Å². The standard InChI is InChI=1S/C16H12N2O3S/c1-9-12(6-7-20-9)22-8-13-17-14-10-4-2-3-5-11(10)21-15(14)16(19)18-13/h2-7H,8H2,1H3,(H,17,18,19). The molecule has 5 nitrogen and oxygen atoms in total. The molecule has 0 aliphatic carbocycles. The van der Waals surface area contributed by atoms with Crippen LogP contribution in [-0.2, 0) is 5.75 Å². The van der Waals surface area contributed by atoms with Gasteiger partial charge in [0.05, 0.1) is 12.0 Å². The van der Waals surface area contributed by atoms with E-state index in [9.17, 15) is 4.79 Å². The number of H-pyrrole nitrogens is 1. The fourth-order valence-electron chi connectivity index (χ4n) is 2.39. The molecule has 0 saturated carbocycles. The number of thioether (sulfide) groups is 1. The van der Waals surface area contributed by atoms with Gasteiger partial charge in [0.25, 0.3) is 5.56 Å². The van der Waals surface area contributed by atoms with Crippen LogP contribution < -0.4 is 5.56 Å². The summed E-state index contributed by atoms with van der Waals surface area (Å²) in [5.74, 6) is 2.04. The van der Waals surface area contributed by atoms with Gasteiger partial charge < -0.3 is 13.8 Å². The summed E-state index contributed by atoms with van der Waals surface area (Å²) in [4.78, 5) is 20.6. The van der Waals surface area contributed by atoms with E-state index < -0.39 is 0 Å². The molecule has 0 amide bonds. The summed E-state index contributed by atoms with van der Waals surface area (Å²) in [6.07, 6.45) is 1.65. The molecule has 0 unspecified atom stereocenters. The van der Waals surface area contributed by atoms with Crippen molar-refractivity contribution in [3.8, 4) is 0 Å². The number of rotatable bonds is 3. The van der Waals surface area contributed by atoms with Crippen LogP contribution in [0.1, 0.15) is 11.6 Å². The zero-order valence-electron chi connectivity index (χ0n) is 11.8. The highest BCUT2D eigenvalue weighted by atomic mass is 32.2. The Balaban J connectivity index is 1.77. The van der Waals surface area contributed by atoms with E-state index >= 15 is 0 Å². The number of fused-ring (bicyclic) bond motifs is 3. The predicted molar refractivity (Wildman–Crippen MR) is 85.1 cm³/mol. The molecule has 110 valence electrons. The van der Waals surface area contributed by atoms with Crippen molar-refractivity contribution < 1.29 is 8.83 Å². The number of aryl methyl sites for hydroxylation is 1. The quantitative estimate of drug-likeness (QED) is 0.581. The van der Waals surface area contributed by atoms with Gasteiger partial charge >= 0.3 is 0 Å². The number of para-hydroxylation sites is 1. The highest BCUT2D eigenvalue weighted by Crippen LogP contribution is 2.27. The number of furan rings is 2. The van der Waals surface area contributed by atoms with Crippen LogP contribution in [0.2, 0.25) is 0 Å². The monoisotopic (exact) mass is 312 g/mol. The smallest absolute Gasteiger partial charge is 0.294 e. The van der Waals surface area contributed by atoms with Crippen molar-refractivity contribution in [1.29, 1.82) is 0 Å². The molecule has 3 aromatic heterocycles.